The maximum absolute atomic E-state index is 13.5. The molecule has 2 nitrogen and oxygen atoms in total. The predicted octanol–water partition coefficient (Wildman–Crippen LogP) is 1.82. The van der Waals surface area contributed by atoms with Crippen LogP contribution in [0.2, 0.25) is 0 Å². The first-order chi connectivity index (χ1) is 7.47. The van der Waals surface area contributed by atoms with Crippen LogP contribution >= 0.6 is 0 Å². The monoisotopic (exact) mass is 229 g/mol. The van der Waals surface area contributed by atoms with Crippen LogP contribution in [0.3, 0.4) is 0 Å². The first-order valence-electron chi connectivity index (χ1n) is 5.24. The van der Waals surface area contributed by atoms with E-state index in [1.165, 1.54) is 12.1 Å². The van der Waals surface area contributed by atoms with Crippen molar-refractivity contribution in [3.05, 3.63) is 35.4 Å². The van der Waals surface area contributed by atoms with Crippen LogP contribution in [0.4, 0.5) is 8.78 Å². The Morgan fingerprint density at radius 2 is 2.00 bits per heavy atom. The first-order valence-corrected chi connectivity index (χ1v) is 5.24. The molecule has 0 atom stereocenters. The lowest BCUT2D eigenvalue weighted by Crippen LogP contribution is -2.35. The molecule has 0 aromatic heterocycles. The summed E-state index contributed by atoms with van der Waals surface area (Å²) in [4.78, 5) is 0. The van der Waals surface area contributed by atoms with Crippen molar-refractivity contribution in [1.82, 2.24) is 5.32 Å². The van der Waals surface area contributed by atoms with Gasteiger partial charge in [-0.1, -0.05) is 19.9 Å². The SMILES string of the molecule is CC(C)(CNCCO)c1ccc(F)cc1F. The average Bonchev–Trinajstić information content (AvgIpc) is 2.17. The van der Waals surface area contributed by atoms with Gasteiger partial charge >= 0.3 is 0 Å². The number of halogens is 2. The quantitative estimate of drug-likeness (QED) is 0.755. The molecule has 0 bridgehead atoms. The normalized spacial score (nSPS) is 11.8. The van der Waals surface area contributed by atoms with Crippen molar-refractivity contribution >= 4 is 0 Å². The highest BCUT2D eigenvalue weighted by molar-refractivity contribution is 5.26. The molecule has 0 saturated carbocycles. The Labute approximate surface area is 94.3 Å². The molecule has 0 fully saturated rings. The molecule has 0 unspecified atom stereocenters. The van der Waals surface area contributed by atoms with Gasteiger partial charge < -0.3 is 10.4 Å². The zero-order valence-corrected chi connectivity index (χ0v) is 9.56. The maximum Gasteiger partial charge on any atom is 0.129 e. The molecule has 1 rings (SSSR count). The molecule has 16 heavy (non-hydrogen) atoms. The summed E-state index contributed by atoms with van der Waals surface area (Å²) in [5.41, 5.74) is 0.0341. The fourth-order valence-electron chi connectivity index (χ4n) is 1.61. The molecular formula is C12H17F2NO. The standard InChI is InChI=1S/C12H17F2NO/c1-12(2,8-15-5-6-16)10-4-3-9(13)7-11(10)14/h3-4,7,15-16H,5-6,8H2,1-2H3. The van der Waals surface area contributed by atoms with E-state index in [0.29, 0.717) is 18.7 Å². The third kappa shape index (κ3) is 3.25. The lowest BCUT2D eigenvalue weighted by Gasteiger charge is -2.26. The number of aliphatic hydroxyl groups excluding tert-OH is 1. The number of benzene rings is 1. The summed E-state index contributed by atoms with van der Waals surface area (Å²) < 4.78 is 26.3. The molecule has 1 aromatic rings. The zero-order valence-electron chi connectivity index (χ0n) is 9.56. The molecule has 0 amide bonds. The van der Waals surface area contributed by atoms with Crippen molar-refractivity contribution in [3.8, 4) is 0 Å². The van der Waals surface area contributed by atoms with Gasteiger partial charge in [0, 0.05) is 24.6 Å². The second kappa shape index (κ2) is 5.37. The molecule has 0 radical (unpaired) electrons. The van der Waals surface area contributed by atoms with Crippen molar-refractivity contribution < 1.29 is 13.9 Å². The van der Waals surface area contributed by atoms with E-state index in [9.17, 15) is 8.78 Å². The molecule has 0 saturated heterocycles. The van der Waals surface area contributed by atoms with Crippen molar-refractivity contribution in [3.63, 3.8) is 0 Å². The van der Waals surface area contributed by atoms with E-state index in [1.807, 2.05) is 13.8 Å². The fraction of sp³-hybridized carbons (Fsp3) is 0.500. The number of hydrogen-bond donors (Lipinski definition) is 2. The van der Waals surface area contributed by atoms with Gasteiger partial charge in [0.05, 0.1) is 6.61 Å². The van der Waals surface area contributed by atoms with Crippen LogP contribution in [0.5, 0.6) is 0 Å². The summed E-state index contributed by atoms with van der Waals surface area (Å²) in [6.07, 6.45) is 0. The molecule has 2 N–H and O–H groups in total. The van der Waals surface area contributed by atoms with Crippen LogP contribution < -0.4 is 5.32 Å². The number of aliphatic hydroxyl groups is 1. The third-order valence-corrected chi connectivity index (χ3v) is 2.52. The van der Waals surface area contributed by atoms with Gasteiger partial charge in [0.15, 0.2) is 0 Å². The molecule has 90 valence electrons. The highest BCUT2D eigenvalue weighted by Gasteiger charge is 2.23. The Morgan fingerprint density at radius 1 is 1.31 bits per heavy atom. The van der Waals surface area contributed by atoms with Crippen LogP contribution in [0.25, 0.3) is 0 Å². The molecule has 1 aromatic carbocycles. The van der Waals surface area contributed by atoms with Gasteiger partial charge in [-0.2, -0.15) is 0 Å². The summed E-state index contributed by atoms with van der Waals surface area (Å²) in [7, 11) is 0. The summed E-state index contributed by atoms with van der Waals surface area (Å²) in [5, 5.41) is 11.6. The van der Waals surface area contributed by atoms with E-state index in [4.69, 9.17) is 5.11 Å². The molecule has 0 heterocycles. The van der Waals surface area contributed by atoms with Gasteiger partial charge in [0.1, 0.15) is 11.6 Å². The Balaban J connectivity index is 2.80. The second-order valence-electron chi connectivity index (χ2n) is 4.41. The van der Waals surface area contributed by atoms with Crippen molar-refractivity contribution in [2.45, 2.75) is 19.3 Å². The molecule has 0 aliphatic heterocycles. The number of hydrogen-bond acceptors (Lipinski definition) is 2. The minimum absolute atomic E-state index is 0.0436. The molecule has 0 aliphatic rings. The fourth-order valence-corrected chi connectivity index (χ4v) is 1.61. The average molecular weight is 229 g/mol. The Hall–Kier alpha value is -1.00. The molecule has 0 spiro atoms. The maximum atomic E-state index is 13.5. The lowest BCUT2D eigenvalue weighted by molar-refractivity contribution is 0.286. The number of nitrogens with one attached hydrogen (secondary N) is 1. The highest BCUT2D eigenvalue weighted by atomic mass is 19.1. The van der Waals surface area contributed by atoms with Gasteiger partial charge in [0.2, 0.25) is 0 Å². The minimum Gasteiger partial charge on any atom is -0.395 e. The zero-order chi connectivity index (χ0) is 12.2. The predicted molar refractivity (Wildman–Crippen MR) is 59.3 cm³/mol. The lowest BCUT2D eigenvalue weighted by atomic mass is 9.84. The van der Waals surface area contributed by atoms with Crippen LogP contribution in [0.1, 0.15) is 19.4 Å². The Kier molecular flexibility index (Phi) is 4.38. The van der Waals surface area contributed by atoms with E-state index in [-0.39, 0.29) is 6.61 Å². The largest absolute Gasteiger partial charge is 0.395 e. The topological polar surface area (TPSA) is 32.3 Å². The van der Waals surface area contributed by atoms with E-state index < -0.39 is 17.0 Å². The molecular weight excluding hydrogens is 212 g/mol. The van der Waals surface area contributed by atoms with Crippen LogP contribution in [-0.4, -0.2) is 24.8 Å². The second-order valence-corrected chi connectivity index (χ2v) is 4.41. The summed E-state index contributed by atoms with van der Waals surface area (Å²) in [5.74, 6) is -1.10. The van der Waals surface area contributed by atoms with E-state index in [1.54, 1.807) is 0 Å². The van der Waals surface area contributed by atoms with Crippen molar-refractivity contribution in [1.29, 1.82) is 0 Å². The van der Waals surface area contributed by atoms with Gasteiger partial charge in [0.25, 0.3) is 0 Å². The molecule has 0 aliphatic carbocycles. The highest BCUT2D eigenvalue weighted by Crippen LogP contribution is 2.25. The van der Waals surface area contributed by atoms with Gasteiger partial charge in [-0.15, -0.1) is 0 Å². The van der Waals surface area contributed by atoms with E-state index in [2.05, 4.69) is 5.32 Å². The van der Waals surface area contributed by atoms with Gasteiger partial charge in [-0.05, 0) is 11.6 Å². The van der Waals surface area contributed by atoms with Gasteiger partial charge in [-0.25, -0.2) is 8.78 Å². The van der Waals surface area contributed by atoms with Crippen molar-refractivity contribution in [2.24, 2.45) is 0 Å². The molecule has 4 heteroatoms. The van der Waals surface area contributed by atoms with Crippen molar-refractivity contribution in [2.75, 3.05) is 19.7 Å². The van der Waals surface area contributed by atoms with E-state index >= 15 is 0 Å². The first kappa shape index (κ1) is 13.1. The third-order valence-electron chi connectivity index (χ3n) is 2.52. The van der Waals surface area contributed by atoms with E-state index in [0.717, 1.165) is 6.07 Å². The van der Waals surface area contributed by atoms with Gasteiger partial charge in [-0.3, -0.25) is 0 Å². The summed E-state index contributed by atoms with van der Waals surface area (Å²) >= 11 is 0. The minimum atomic E-state index is -0.569. The summed E-state index contributed by atoms with van der Waals surface area (Å²) in [6, 6.07) is 3.61. The number of rotatable bonds is 5. The van der Waals surface area contributed by atoms with Crippen LogP contribution in [0.15, 0.2) is 18.2 Å². The summed E-state index contributed by atoms with van der Waals surface area (Å²) in [6.45, 7) is 4.77. The van der Waals surface area contributed by atoms with Crippen LogP contribution in [-0.2, 0) is 5.41 Å². The van der Waals surface area contributed by atoms with Crippen LogP contribution in [0, 0.1) is 11.6 Å². The smallest absolute Gasteiger partial charge is 0.129 e. The Bertz CT molecular complexity index is 353. The Morgan fingerprint density at radius 3 is 2.56 bits per heavy atom.